The molecule has 1 aromatic heterocycles. The van der Waals surface area contributed by atoms with Gasteiger partial charge in [0.25, 0.3) is 5.56 Å². The summed E-state index contributed by atoms with van der Waals surface area (Å²) < 4.78 is 38.6. The maximum absolute atomic E-state index is 12.7. The monoisotopic (exact) mass is 339 g/mol. The minimum Gasteiger partial charge on any atom is -0.358 e. The van der Waals surface area contributed by atoms with Crippen LogP contribution < -0.4 is 10.9 Å². The molecule has 0 fully saturated rings. The second-order valence-corrected chi connectivity index (χ2v) is 4.84. The highest BCUT2D eigenvalue weighted by atomic mass is 35.5. The number of hydrogen-bond donors (Lipinski definition) is 1. The van der Waals surface area contributed by atoms with Gasteiger partial charge in [-0.1, -0.05) is 11.6 Å². The van der Waals surface area contributed by atoms with Gasteiger partial charge in [-0.2, -0.15) is 13.2 Å². The predicted octanol–water partition coefficient (Wildman–Crippen LogP) is 0.725. The molecule has 0 spiro atoms. The van der Waals surface area contributed by atoms with Crippen LogP contribution in [0.4, 0.5) is 13.2 Å². The molecule has 1 aromatic rings. The standard InChI is InChI=1S/C12H13ClF3N3O3/c1-17-9(20)5-18(2)10(21)6-19-4-7(12(14,15)16)3-8(13)11(19)22/h3-4H,5-6H2,1-2H3,(H,17,20). The van der Waals surface area contributed by atoms with Crippen molar-refractivity contribution in [1.82, 2.24) is 14.8 Å². The van der Waals surface area contributed by atoms with Gasteiger partial charge >= 0.3 is 6.18 Å². The number of rotatable bonds is 4. The molecule has 0 aliphatic carbocycles. The van der Waals surface area contributed by atoms with Gasteiger partial charge in [0.05, 0.1) is 12.1 Å². The first-order chi connectivity index (χ1) is 10.1. The van der Waals surface area contributed by atoms with Crippen molar-refractivity contribution in [2.75, 3.05) is 20.6 Å². The van der Waals surface area contributed by atoms with Crippen LogP contribution in [0, 0.1) is 0 Å². The normalized spacial score (nSPS) is 11.2. The van der Waals surface area contributed by atoms with Crippen LogP contribution in [0.3, 0.4) is 0 Å². The molecule has 0 unspecified atom stereocenters. The van der Waals surface area contributed by atoms with Crippen LogP contribution in [0.2, 0.25) is 5.02 Å². The topological polar surface area (TPSA) is 71.4 Å². The minimum absolute atomic E-state index is 0.281. The summed E-state index contributed by atoms with van der Waals surface area (Å²) in [5.41, 5.74) is -2.06. The summed E-state index contributed by atoms with van der Waals surface area (Å²) in [6.07, 6.45) is -4.18. The van der Waals surface area contributed by atoms with E-state index >= 15 is 0 Å². The Bertz CT molecular complexity index is 643. The zero-order chi connectivity index (χ0) is 17.1. The molecule has 0 bridgehead atoms. The van der Waals surface area contributed by atoms with E-state index in [0.29, 0.717) is 16.8 Å². The highest BCUT2D eigenvalue weighted by Gasteiger charge is 2.32. The smallest absolute Gasteiger partial charge is 0.358 e. The number of carbonyl (C=O) groups excluding carboxylic acids is 2. The quantitative estimate of drug-likeness (QED) is 0.879. The maximum Gasteiger partial charge on any atom is 0.417 e. The number of aromatic nitrogens is 1. The van der Waals surface area contributed by atoms with E-state index in [0.717, 1.165) is 4.90 Å². The fourth-order valence-corrected chi connectivity index (χ4v) is 1.75. The van der Waals surface area contributed by atoms with Crippen molar-refractivity contribution in [3.05, 3.63) is 33.2 Å². The number of hydrogen-bond acceptors (Lipinski definition) is 3. The first-order valence-electron chi connectivity index (χ1n) is 5.98. The van der Waals surface area contributed by atoms with E-state index in [1.165, 1.54) is 14.1 Å². The van der Waals surface area contributed by atoms with Gasteiger partial charge in [-0.3, -0.25) is 14.4 Å². The van der Waals surface area contributed by atoms with Crippen LogP contribution in [-0.4, -0.2) is 41.9 Å². The van der Waals surface area contributed by atoms with Crippen LogP contribution in [0.25, 0.3) is 0 Å². The van der Waals surface area contributed by atoms with Gasteiger partial charge in [0, 0.05) is 20.3 Å². The highest BCUT2D eigenvalue weighted by molar-refractivity contribution is 6.30. The van der Waals surface area contributed by atoms with Gasteiger partial charge in [0.1, 0.15) is 11.6 Å². The van der Waals surface area contributed by atoms with E-state index in [-0.39, 0.29) is 6.54 Å². The Morgan fingerprint density at radius 2 is 2.00 bits per heavy atom. The molecule has 0 atom stereocenters. The number of likely N-dealkylation sites (N-methyl/N-ethyl adjacent to an activating group) is 2. The van der Waals surface area contributed by atoms with Crippen LogP contribution in [-0.2, 0) is 22.3 Å². The molecule has 6 nitrogen and oxygen atoms in total. The van der Waals surface area contributed by atoms with Crippen LogP contribution >= 0.6 is 11.6 Å². The van der Waals surface area contributed by atoms with E-state index in [1.54, 1.807) is 0 Å². The number of carbonyl (C=O) groups is 2. The Morgan fingerprint density at radius 1 is 1.41 bits per heavy atom. The van der Waals surface area contributed by atoms with E-state index in [9.17, 15) is 27.6 Å². The molecule has 1 N–H and O–H groups in total. The van der Waals surface area contributed by atoms with E-state index < -0.39 is 40.7 Å². The third-order valence-electron chi connectivity index (χ3n) is 2.76. The zero-order valence-electron chi connectivity index (χ0n) is 11.7. The molecule has 10 heteroatoms. The Kier molecular flexibility index (Phi) is 5.59. The SMILES string of the molecule is CNC(=O)CN(C)C(=O)Cn1cc(C(F)(F)F)cc(Cl)c1=O. The molecule has 1 heterocycles. The average Bonchev–Trinajstić information content (AvgIpc) is 2.41. The van der Waals surface area contributed by atoms with E-state index in [2.05, 4.69) is 5.32 Å². The fraction of sp³-hybridized carbons (Fsp3) is 0.417. The number of nitrogens with one attached hydrogen (secondary N) is 1. The predicted molar refractivity (Wildman–Crippen MR) is 72.4 cm³/mol. The third kappa shape index (κ3) is 4.48. The van der Waals surface area contributed by atoms with Crippen LogP contribution in [0.5, 0.6) is 0 Å². The summed E-state index contributed by atoms with van der Waals surface area (Å²) in [5.74, 6) is -1.16. The Balaban J connectivity index is 3.03. The van der Waals surface area contributed by atoms with Crippen molar-refractivity contribution in [2.45, 2.75) is 12.7 Å². The molecule has 22 heavy (non-hydrogen) atoms. The first kappa shape index (κ1) is 18.0. The minimum atomic E-state index is -4.70. The van der Waals surface area contributed by atoms with Gasteiger partial charge in [0.2, 0.25) is 11.8 Å². The largest absolute Gasteiger partial charge is 0.417 e. The molecule has 122 valence electrons. The summed E-state index contributed by atoms with van der Waals surface area (Å²) in [6, 6.07) is 0.499. The van der Waals surface area contributed by atoms with Crippen molar-refractivity contribution in [3.8, 4) is 0 Å². The first-order valence-corrected chi connectivity index (χ1v) is 6.35. The molecule has 2 amide bonds. The molecule has 0 aromatic carbocycles. The summed E-state index contributed by atoms with van der Waals surface area (Å²) in [5, 5.41) is 1.65. The van der Waals surface area contributed by atoms with Crippen molar-refractivity contribution >= 4 is 23.4 Å². The molecule has 0 aliphatic heterocycles. The molecule has 0 saturated carbocycles. The lowest BCUT2D eigenvalue weighted by atomic mass is 10.2. The van der Waals surface area contributed by atoms with Crippen molar-refractivity contribution in [2.24, 2.45) is 0 Å². The lowest BCUT2D eigenvalue weighted by molar-refractivity contribution is -0.138. The number of halogens is 4. The highest BCUT2D eigenvalue weighted by Crippen LogP contribution is 2.29. The third-order valence-corrected chi connectivity index (χ3v) is 3.03. The average molecular weight is 340 g/mol. The molecular weight excluding hydrogens is 327 g/mol. The Labute approximate surface area is 128 Å². The van der Waals surface area contributed by atoms with Gasteiger partial charge in [-0.25, -0.2) is 0 Å². The fourth-order valence-electron chi connectivity index (χ4n) is 1.52. The number of pyridine rings is 1. The zero-order valence-corrected chi connectivity index (χ0v) is 12.5. The Morgan fingerprint density at radius 3 is 2.50 bits per heavy atom. The second-order valence-electron chi connectivity index (χ2n) is 4.43. The van der Waals surface area contributed by atoms with Gasteiger partial charge < -0.3 is 14.8 Å². The van der Waals surface area contributed by atoms with Gasteiger partial charge in [0.15, 0.2) is 0 Å². The van der Waals surface area contributed by atoms with Gasteiger partial charge in [-0.15, -0.1) is 0 Å². The lowest BCUT2D eigenvalue weighted by Crippen LogP contribution is -2.40. The lowest BCUT2D eigenvalue weighted by Gasteiger charge is -2.17. The van der Waals surface area contributed by atoms with Crippen LogP contribution in [0.15, 0.2) is 17.1 Å². The maximum atomic E-state index is 12.7. The molecule has 0 radical (unpaired) electrons. The van der Waals surface area contributed by atoms with Crippen molar-refractivity contribution in [3.63, 3.8) is 0 Å². The van der Waals surface area contributed by atoms with Crippen molar-refractivity contribution < 1.29 is 22.8 Å². The number of amides is 2. The van der Waals surface area contributed by atoms with E-state index in [4.69, 9.17) is 11.6 Å². The Hall–Kier alpha value is -2.03. The molecular formula is C12H13ClF3N3O3. The molecule has 0 aliphatic rings. The second kappa shape index (κ2) is 6.82. The van der Waals surface area contributed by atoms with Crippen molar-refractivity contribution in [1.29, 1.82) is 0 Å². The van der Waals surface area contributed by atoms with E-state index in [1.807, 2.05) is 0 Å². The molecule has 1 rings (SSSR count). The number of alkyl halides is 3. The summed E-state index contributed by atoms with van der Waals surface area (Å²) in [4.78, 5) is 35.7. The summed E-state index contributed by atoms with van der Waals surface area (Å²) in [7, 11) is 2.66. The summed E-state index contributed by atoms with van der Waals surface area (Å²) >= 11 is 5.47. The summed E-state index contributed by atoms with van der Waals surface area (Å²) in [6.45, 7) is -0.938. The van der Waals surface area contributed by atoms with Crippen LogP contribution in [0.1, 0.15) is 5.56 Å². The molecule has 0 saturated heterocycles. The number of nitrogens with zero attached hydrogens (tertiary/aromatic N) is 2. The van der Waals surface area contributed by atoms with Gasteiger partial charge in [-0.05, 0) is 6.07 Å².